The van der Waals surface area contributed by atoms with Gasteiger partial charge in [-0.3, -0.25) is 0 Å². The van der Waals surface area contributed by atoms with E-state index in [2.05, 4.69) is 19.2 Å². The molecule has 0 radical (unpaired) electrons. The predicted molar refractivity (Wildman–Crippen MR) is 44.2 cm³/mol. The molecular weight excluding hydrogens is 126 g/mol. The van der Waals surface area contributed by atoms with Gasteiger partial charge in [-0.25, -0.2) is 0 Å². The molecule has 1 aliphatic heterocycles. The van der Waals surface area contributed by atoms with Crippen LogP contribution in [-0.4, -0.2) is 25.3 Å². The van der Waals surface area contributed by atoms with Gasteiger partial charge in [0.1, 0.15) is 0 Å². The topological polar surface area (TPSA) is 21.3 Å². The molecule has 2 unspecified atom stereocenters. The van der Waals surface area contributed by atoms with Crippen LogP contribution in [0.3, 0.4) is 0 Å². The fourth-order valence-corrected chi connectivity index (χ4v) is 0.983. The van der Waals surface area contributed by atoms with Crippen molar-refractivity contribution < 1.29 is 4.74 Å². The molecule has 0 spiro atoms. The van der Waals surface area contributed by atoms with Crippen LogP contribution in [0.4, 0.5) is 0 Å². The fraction of sp³-hybridized carbons (Fsp3) is 1.00. The second kappa shape index (κ2) is 5.69. The van der Waals surface area contributed by atoms with E-state index < -0.39 is 0 Å². The lowest BCUT2D eigenvalue weighted by Crippen LogP contribution is -2.41. The number of hydrogen-bond donors (Lipinski definition) is 1. The van der Waals surface area contributed by atoms with Crippen molar-refractivity contribution in [2.75, 3.05) is 13.1 Å². The Hall–Kier alpha value is -0.0800. The average Bonchev–Trinajstić information content (AvgIpc) is 1.91. The first-order chi connectivity index (χ1) is 4.79. The number of nitrogens with one attached hydrogen (secondary N) is 1. The summed E-state index contributed by atoms with van der Waals surface area (Å²) in [6.07, 6.45) is 0.803. The summed E-state index contributed by atoms with van der Waals surface area (Å²) >= 11 is 0. The zero-order valence-electron chi connectivity index (χ0n) is 7.48. The Morgan fingerprint density at radius 3 is 1.70 bits per heavy atom. The molecule has 0 amide bonds. The average molecular weight is 145 g/mol. The molecule has 1 aliphatic rings. The SMILES string of the molecule is CC.CC1CNCC(C)O1. The summed E-state index contributed by atoms with van der Waals surface area (Å²) in [5.41, 5.74) is 0. The Balaban J connectivity index is 0.000000371. The monoisotopic (exact) mass is 145 g/mol. The first-order valence-electron chi connectivity index (χ1n) is 4.15. The van der Waals surface area contributed by atoms with Crippen molar-refractivity contribution >= 4 is 0 Å². The summed E-state index contributed by atoms with van der Waals surface area (Å²) in [6, 6.07) is 0. The molecule has 2 heteroatoms. The number of hydrogen-bond acceptors (Lipinski definition) is 2. The second-order valence-corrected chi connectivity index (χ2v) is 2.42. The lowest BCUT2D eigenvalue weighted by atomic mass is 10.3. The summed E-state index contributed by atoms with van der Waals surface area (Å²) in [5.74, 6) is 0. The molecule has 10 heavy (non-hydrogen) atoms. The highest BCUT2D eigenvalue weighted by molar-refractivity contribution is 4.66. The molecule has 2 atom stereocenters. The maximum atomic E-state index is 5.42. The number of rotatable bonds is 0. The molecule has 62 valence electrons. The molecule has 1 N–H and O–H groups in total. The Bertz CT molecular complexity index is 67.7. The Labute approximate surface area is 64.0 Å². The summed E-state index contributed by atoms with van der Waals surface area (Å²) in [7, 11) is 0. The van der Waals surface area contributed by atoms with Crippen molar-refractivity contribution in [1.29, 1.82) is 0 Å². The minimum Gasteiger partial charge on any atom is -0.373 e. The lowest BCUT2D eigenvalue weighted by molar-refractivity contribution is -0.0166. The van der Waals surface area contributed by atoms with Crippen LogP contribution in [0.5, 0.6) is 0 Å². The van der Waals surface area contributed by atoms with Crippen LogP contribution in [0, 0.1) is 0 Å². The molecule has 0 bridgehead atoms. The van der Waals surface area contributed by atoms with Gasteiger partial charge < -0.3 is 10.1 Å². The van der Waals surface area contributed by atoms with Gasteiger partial charge in [0.2, 0.25) is 0 Å². The minimum absolute atomic E-state index is 0.402. The molecule has 0 aromatic carbocycles. The first kappa shape index (κ1) is 9.92. The van der Waals surface area contributed by atoms with E-state index in [9.17, 15) is 0 Å². The van der Waals surface area contributed by atoms with Gasteiger partial charge in [0.05, 0.1) is 12.2 Å². The maximum Gasteiger partial charge on any atom is 0.0675 e. The maximum absolute atomic E-state index is 5.42. The van der Waals surface area contributed by atoms with Crippen molar-refractivity contribution in [2.45, 2.75) is 39.9 Å². The van der Waals surface area contributed by atoms with Gasteiger partial charge >= 0.3 is 0 Å². The zero-order valence-corrected chi connectivity index (χ0v) is 7.48. The fourth-order valence-electron chi connectivity index (χ4n) is 0.983. The smallest absolute Gasteiger partial charge is 0.0675 e. The largest absolute Gasteiger partial charge is 0.373 e. The third-order valence-electron chi connectivity index (χ3n) is 1.33. The van der Waals surface area contributed by atoms with Crippen LogP contribution in [0.2, 0.25) is 0 Å². The summed E-state index contributed by atoms with van der Waals surface area (Å²) in [6.45, 7) is 10.2. The molecule has 0 aliphatic carbocycles. The van der Waals surface area contributed by atoms with E-state index in [-0.39, 0.29) is 0 Å². The van der Waals surface area contributed by atoms with E-state index in [0.717, 1.165) is 13.1 Å². The second-order valence-electron chi connectivity index (χ2n) is 2.42. The highest BCUT2D eigenvalue weighted by Crippen LogP contribution is 2.00. The molecule has 1 fully saturated rings. The van der Waals surface area contributed by atoms with Gasteiger partial charge in [-0.2, -0.15) is 0 Å². The Morgan fingerprint density at radius 1 is 1.10 bits per heavy atom. The summed E-state index contributed by atoms with van der Waals surface area (Å²) < 4.78 is 5.42. The molecule has 1 saturated heterocycles. The molecule has 1 rings (SSSR count). The third kappa shape index (κ3) is 3.85. The minimum atomic E-state index is 0.402. The summed E-state index contributed by atoms with van der Waals surface area (Å²) in [5, 5.41) is 3.26. The van der Waals surface area contributed by atoms with Gasteiger partial charge in [0.25, 0.3) is 0 Å². The van der Waals surface area contributed by atoms with Gasteiger partial charge in [0, 0.05) is 13.1 Å². The molecular formula is C8H19NO. The van der Waals surface area contributed by atoms with Crippen LogP contribution < -0.4 is 5.32 Å². The van der Waals surface area contributed by atoms with Crippen molar-refractivity contribution in [3.8, 4) is 0 Å². The Morgan fingerprint density at radius 2 is 1.50 bits per heavy atom. The highest BCUT2D eigenvalue weighted by atomic mass is 16.5. The van der Waals surface area contributed by atoms with Crippen LogP contribution >= 0.6 is 0 Å². The van der Waals surface area contributed by atoms with Gasteiger partial charge in [-0.15, -0.1) is 0 Å². The van der Waals surface area contributed by atoms with Crippen molar-refractivity contribution in [3.05, 3.63) is 0 Å². The zero-order chi connectivity index (χ0) is 7.98. The van der Waals surface area contributed by atoms with Crippen molar-refractivity contribution in [3.63, 3.8) is 0 Å². The molecule has 0 aromatic heterocycles. The van der Waals surface area contributed by atoms with Crippen LogP contribution in [0.15, 0.2) is 0 Å². The van der Waals surface area contributed by atoms with Crippen molar-refractivity contribution in [1.82, 2.24) is 5.32 Å². The van der Waals surface area contributed by atoms with Crippen LogP contribution in [0.25, 0.3) is 0 Å². The highest BCUT2D eigenvalue weighted by Gasteiger charge is 2.12. The number of ether oxygens (including phenoxy) is 1. The van der Waals surface area contributed by atoms with Crippen LogP contribution in [0.1, 0.15) is 27.7 Å². The summed E-state index contributed by atoms with van der Waals surface area (Å²) in [4.78, 5) is 0. The molecule has 1 heterocycles. The van der Waals surface area contributed by atoms with Crippen LogP contribution in [-0.2, 0) is 4.74 Å². The third-order valence-corrected chi connectivity index (χ3v) is 1.33. The normalized spacial score (nSPS) is 32.4. The predicted octanol–water partition coefficient (Wildman–Crippen LogP) is 1.41. The molecule has 0 saturated carbocycles. The number of morpholine rings is 1. The standard InChI is InChI=1S/C6H13NO.C2H6/c1-5-3-7-4-6(2)8-5;1-2/h5-7H,3-4H2,1-2H3;1-2H3. The quantitative estimate of drug-likeness (QED) is 0.556. The van der Waals surface area contributed by atoms with Crippen molar-refractivity contribution in [2.24, 2.45) is 0 Å². The van der Waals surface area contributed by atoms with Gasteiger partial charge in [-0.1, -0.05) is 13.8 Å². The molecule has 2 nitrogen and oxygen atoms in total. The Kier molecular flexibility index (Phi) is 5.64. The van der Waals surface area contributed by atoms with E-state index in [1.165, 1.54) is 0 Å². The van der Waals surface area contributed by atoms with Gasteiger partial charge in [0.15, 0.2) is 0 Å². The van der Waals surface area contributed by atoms with E-state index in [1.807, 2.05) is 13.8 Å². The van der Waals surface area contributed by atoms with E-state index in [0.29, 0.717) is 12.2 Å². The van der Waals surface area contributed by atoms with E-state index in [1.54, 1.807) is 0 Å². The lowest BCUT2D eigenvalue weighted by Gasteiger charge is -2.25. The first-order valence-corrected chi connectivity index (χ1v) is 4.15. The van der Waals surface area contributed by atoms with E-state index >= 15 is 0 Å². The molecule has 0 aromatic rings. The van der Waals surface area contributed by atoms with Gasteiger partial charge in [-0.05, 0) is 13.8 Å². The van der Waals surface area contributed by atoms with E-state index in [4.69, 9.17) is 4.74 Å².